The molecule has 0 heterocycles. The fourth-order valence-corrected chi connectivity index (χ4v) is 3.87. The first kappa shape index (κ1) is 21.3. The molecule has 0 saturated heterocycles. The number of carbonyl (C=O) groups excluding carboxylic acids is 2. The Morgan fingerprint density at radius 3 is 2.10 bits per heavy atom. The Bertz CT molecular complexity index is 1220. The van der Waals surface area contributed by atoms with Gasteiger partial charge in [0.15, 0.2) is 5.78 Å². The Labute approximate surface area is 176 Å². The molecule has 30 heavy (non-hydrogen) atoms. The Balaban J connectivity index is 1.74. The number of Topliss-reactive ketones (excluding diaryl/α,β-unsaturated/α-hetero) is 1. The van der Waals surface area contributed by atoms with Crippen LogP contribution in [0.4, 0.5) is 11.4 Å². The van der Waals surface area contributed by atoms with Gasteiger partial charge in [-0.1, -0.05) is 18.2 Å². The molecule has 3 aromatic rings. The summed E-state index contributed by atoms with van der Waals surface area (Å²) in [6.45, 7) is 5.31. The van der Waals surface area contributed by atoms with Crippen molar-refractivity contribution in [2.24, 2.45) is 0 Å². The lowest BCUT2D eigenvalue weighted by atomic mass is 10.1. The zero-order valence-corrected chi connectivity index (χ0v) is 17.7. The van der Waals surface area contributed by atoms with Crippen molar-refractivity contribution in [3.8, 4) is 0 Å². The van der Waals surface area contributed by atoms with E-state index in [0.29, 0.717) is 22.5 Å². The molecule has 1 amide bonds. The molecule has 0 saturated carbocycles. The predicted molar refractivity (Wildman–Crippen MR) is 118 cm³/mol. The van der Waals surface area contributed by atoms with Gasteiger partial charge in [0, 0.05) is 22.5 Å². The summed E-state index contributed by atoms with van der Waals surface area (Å²) < 4.78 is 27.8. The lowest BCUT2D eigenvalue weighted by Gasteiger charge is -2.11. The van der Waals surface area contributed by atoms with E-state index in [4.69, 9.17) is 0 Å². The van der Waals surface area contributed by atoms with Gasteiger partial charge in [-0.3, -0.25) is 14.3 Å². The van der Waals surface area contributed by atoms with E-state index < -0.39 is 15.9 Å². The summed E-state index contributed by atoms with van der Waals surface area (Å²) in [5.74, 6) is -0.501. The average Bonchev–Trinajstić information content (AvgIpc) is 2.71. The van der Waals surface area contributed by atoms with Crippen LogP contribution in [0.3, 0.4) is 0 Å². The van der Waals surface area contributed by atoms with Gasteiger partial charge in [0.2, 0.25) is 0 Å². The van der Waals surface area contributed by atoms with Crippen molar-refractivity contribution in [3.63, 3.8) is 0 Å². The molecule has 0 bridgehead atoms. The van der Waals surface area contributed by atoms with E-state index in [-0.39, 0.29) is 10.7 Å². The summed E-state index contributed by atoms with van der Waals surface area (Å²) in [4.78, 5) is 24.0. The van der Waals surface area contributed by atoms with E-state index in [1.54, 1.807) is 36.4 Å². The number of rotatable bonds is 6. The van der Waals surface area contributed by atoms with Gasteiger partial charge in [0.05, 0.1) is 4.90 Å². The third kappa shape index (κ3) is 4.93. The minimum Gasteiger partial charge on any atom is -0.322 e. The quantitative estimate of drug-likeness (QED) is 0.570. The summed E-state index contributed by atoms with van der Waals surface area (Å²) in [7, 11) is -3.78. The van der Waals surface area contributed by atoms with E-state index in [1.165, 1.54) is 31.2 Å². The van der Waals surface area contributed by atoms with Crippen molar-refractivity contribution in [1.82, 2.24) is 0 Å². The predicted octanol–water partition coefficient (Wildman–Crippen LogP) is 4.56. The van der Waals surface area contributed by atoms with Crippen LogP contribution in [0.15, 0.2) is 71.6 Å². The van der Waals surface area contributed by atoms with Crippen molar-refractivity contribution in [2.75, 3.05) is 10.0 Å². The number of carbonyl (C=O) groups is 2. The molecule has 0 spiro atoms. The fraction of sp³-hybridized carbons (Fsp3) is 0.130. The van der Waals surface area contributed by atoms with Gasteiger partial charge < -0.3 is 5.32 Å². The standard InChI is InChI=1S/C23H22N2O4S/c1-15-7-10-21(13-16(15)2)25-30(28,29)22-11-8-18(9-12-22)23(27)24-20-6-4-5-19(14-20)17(3)26/h4-14,25H,1-3H3,(H,24,27). The number of anilines is 2. The Hall–Kier alpha value is -3.45. The first-order chi connectivity index (χ1) is 14.2. The van der Waals surface area contributed by atoms with Gasteiger partial charge in [-0.05, 0) is 80.4 Å². The molecule has 0 aliphatic carbocycles. The molecule has 0 fully saturated rings. The average molecular weight is 423 g/mol. The molecule has 0 aliphatic heterocycles. The van der Waals surface area contributed by atoms with Gasteiger partial charge in [-0.25, -0.2) is 8.42 Å². The van der Waals surface area contributed by atoms with Gasteiger partial charge in [-0.2, -0.15) is 0 Å². The minimum absolute atomic E-state index is 0.0517. The molecule has 0 radical (unpaired) electrons. The second kappa shape index (κ2) is 8.51. The van der Waals surface area contributed by atoms with E-state index in [0.717, 1.165) is 11.1 Å². The molecule has 2 N–H and O–H groups in total. The molecule has 154 valence electrons. The Morgan fingerprint density at radius 2 is 1.47 bits per heavy atom. The largest absolute Gasteiger partial charge is 0.322 e. The molecule has 0 unspecified atom stereocenters. The maximum Gasteiger partial charge on any atom is 0.261 e. The SMILES string of the molecule is CC(=O)c1cccc(NC(=O)c2ccc(S(=O)(=O)Nc3ccc(C)c(C)c3)cc2)c1. The number of aryl methyl sites for hydroxylation is 2. The van der Waals surface area contributed by atoms with Crippen molar-refractivity contribution >= 4 is 33.1 Å². The third-order valence-electron chi connectivity index (χ3n) is 4.71. The number of benzene rings is 3. The van der Waals surface area contributed by atoms with Crippen LogP contribution < -0.4 is 10.0 Å². The summed E-state index contributed by atoms with van der Waals surface area (Å²) in [5, 5.41) is 2.71. The van der Waals surface area contributed by atoms with Crippen LogP contribution in [-0.2, 0) is 10.0 Å². The number of amides is 1. The van der Waals surface area contributed by atoms with Crippen LogP contribution >= 0.6 is 0 Å². The van der Waals surface area contributed by atoms with Crippen LogP contribution in [0.25, 0.3) is 0 Å². The zero-order chi connectivity index (χ0) is 21.9. The molecular formula is C23H22N2O4S. The summed E-state index contributed by atoms with van der Waals surface area (Å²) in [6.07, 6.45) is 0. The maximum absolute atomic E-state index is 12.6. The number of hydrogen-bond donors (Lipinski definition) is 2. The van der Waals surface area contributed by atoms with Gasteiger partial charge in [-0.15, -0.1) is 0 Å². The van der Waals surface area contributed by atoms with E-state index >= 15 is 0 Å². The van der Waals surface area contributed by atoms with Crippen molar-refractivity contribution in [1.29, 1.82) is 0 Å². The lowest BCUT2D eigenvalue weighted by Crippen LogP contribution is -2.15. The molecule has 6 nitrogen and oxygen atoms in total. The molecular weight excluding hydrogens is 400 g/mol. The van der Waals surface area contributed by atoms with Crippen molar-refractivity contribution in [2.45, 2.75) is 25.7 Å². The Morgan fingerprint density at radius 1 is 0.767 bits per heavy atom. The van der Waals surface area contributed by atoms with Gasteiger partial charge in [0.1, 0.15) is 0 Å². The smallest absolute Gasteiger partial charge is 0.261 e. The highest BCUT2D eigenvalue weighted by Crippen LogP contribution is 2.20. The molecule has 0 atom stereocenters. The maximum atomic E-state index is 12.6. The molecule has 0 aliphatic rings. The highest BCUT2D eigenvalue weighted by atomic mass is 32.2. The normalized spacial score (nSPS) is 11.0. The fourth-order valence-electron chi connectivity index (χ4n) is 2.82. The molecule has 3 rings (SSSR count). The highest BCUT2D eigenvalue weighted by molar-refractivity contribution is 7.92. The second-order valence-corrected chi connectivity index (χ2v) is 8.70. The van der Waals surface area contributed by atoms with E-state index in [9.17, 15) is 18.0 Å². The minimum atomic E-state index is -3.78. The topological polar surface area (TPSA) is 92.3 Å². The monoisotopic (exact) mass is 422 g/mol. The van der Waals surface area contributed by atoms with Gasteiger partial charge >= 0.3 is 0 Å². The molecule has 7 heteroatoms. The zero-order valence-electron chi connectivity index (χ0n) is 16.9. The van der Waals surface area contributed by atoms with Crippen LogP contribution in [0, 0.1) is 13.8 Å². The molecule has 3 aromatic carbocycles. The number of sulfonamides is 1. The van der Waals surface area contributed by atoms with Crippen LogP contribution in [-0.4, -0.2) is 20.1 Å². The Kier molecular flexibility index (Phi) is 6.03. The first-order valence-electron chi connectivity index (χ1n) is 9.28. The number of ketones is 1. The highest BCUT2D eigenvalue weighted by Gasteiger charge is 2.16. The van der Waals surface area contributed by atoms with E-state index in [1.807, 2.05) is 19.9 Å². The lowest BCUT2D eigenvalue weighted by molar-refractivity contribution is 0.101. The van der Waals surface area contributed by atoms with Crippen molar-refractivity contribution < 1.29 is 18.0 Å². The van der Waals surface area contributed by atoms with E-state index in [2.05, 4.69) is 10.0 Å². The van der Waals surface area contributed by atoms with Crippen molar-refractivity contribution in [3.05, 3.63) is 89.0 Å². The van der Waals surface area contributed by atoms with Crippen LogP contribution in [0.2, 0.25) is 0 Å². The second-order valence-electron chi connectivity index (χ2n) is 7.02. The first-order valence-corrected chi connectivity index (χ1v) is 10.8. The summed E-state index contributed by atoms with van der Waals surface area (Å²) >= 11 is 0. The number of hydrogen-bond acceptors (Lipinski definition) is 4. The van der Waals surface area contributed by atoms with Crippen LogP contribution in [0.5, 0.6) is 0 Å². The molecule has 0 aromatic heterocycles. The summed E-state index contributed by atoms with van der Waals surface area (Å²) in [5.41, 5.74) is 3.81. The van der Waals surface area contributed by atoms with Crippen LogP contribution in [0.1, 0.15) is 38.8 Å². The third-order valence-corrected chi connectivity index (χ3v) is 6.11. The summed E-state index contributed by atoms with van der Waals surface area (Å²) in [6, 6.07) is 17.6. The number of nitrogens with one attached hydrogen (secondary N) is 2. The van der Waals surface area contributed by atoms with Gasteiger partial charge in [0.25, 0.3) is 15.9 Å².